The fourth-order valence-corrected chi connectivity index (χ4v) is 1.88. The van der Waals surface area contributed by atoms with Crippen molar-refractivity contribution in [3.8, 4) is 0 Å². The van der Waals surface area contributed by atoms with Crippen LogP contribution in [0.2, 0.25) is 10.0 Å². The van der Waals surface area contributed by atoms with Gasteiger partial charge in [0.15, 0.2) is 0 Å². The molecule has 0 fully saturated rings. The number of nitrogens with one attached hydrogen (secondary N) is 1. The predicted molar refractivity (Wildman–Crippen MR) is 63.6 cm³/mol. The second-order valence-electron chi connectivity index (χ2n) is 3.86. The second kappa shape index (κ2) is 4.42. The highest BCUT2D eigenvalue weighted by Crippen LogP contribution is 2.29. The van der Waals surface area contributed by atoms with Crippen molar-refractivity contribution in [2.45, 2.75) is 19.3 Å². The average Bonchev–Trinajstić information content (AvgIpc) is 2.15. The van der Waals surface area contributed by atoms with E-state index in [-0.39, 0.29) is 5.91 Å². The van der Waals surface area contributed by atoms with Crippen molar-refractivity contribution in [3.05, 3.63) is 33.8 Å². The molecule has 1 rings (SSSR count). The van der Waals surface area contributed by atoms with Gasteiger partial charge in [0.25, 0.3) is 0 Å². The molecule has 0 saturated heterocycles. The number of hydrogen-bond donors (Lipinski definition) is 1. The van der Waals surface area contributed by atoms with Crippen molar-refractivity contribution in [2.24, 2.45) is 0 Å². The van der Waals surface area contributed by atoms with Gasteiger partial charge in [-0.3, -0.25) is 4.79 Å². The maximum absolute atomic E-state index is 11.7. The molecule has 15 heavy (non-hydrogen) atoms. The Balaban J connectivity index is 3.20. The summed E-state index contributed by atoms with van der Waals surface area (Å²) in [5.41, 5.74) is 0.169. The highest BCUT2D eigenvalue weighted by molar-refractivity contribution is 6.34. The second-order valence-corrected chi connectivity index (χ2v) is 4.74. The molecule has 1 N–H and O–H groups in total. The van der Waals surface area contributed by atoms with E-state index >= 15 is 0 Å². The number of likely N-dealkylation sites (N-methyl/N-ethyl adjacent to an activating group) is 1. The Bertz CT molecular complexity index is 368. The number of amides is 1. The highest BCUT2D eigenvalue weighted by Gasteiger charge is 2.29. The van der Waals surface area contributed by atoms with Gasteiger partial charge in [-0.1, -0.05) is 23.2 Å². The Hall–Kier alpha value is -0.730. The molecule has 0 saturated carbocycles. The zero-order valence-electron chi connectivity index (χ0n) is 8.90. The van der Waals surface area contributed by atoms with Crippen molar-refractivity contribution in [2.75, 3.05) is 7.05 Å². The van der Waals surface area contributed by atoms with Crippen molar-refractivity contribution < 1.29 is 4.79 Å². The molecular weight excluding hydrogens is 233 g/mol. The third-order valence-corrected chi connectivity index (χ3v) is 2.82. The van der Waals surface area contributed by atoms with E-state index in [0.717, 1.165) is 5.56 Å². The van der Waals surface area contributed by atoms with Gasteiger partial charge in [-0.15, -0.1) is 0 Å². The van der Waals surface area contributed by atoms with E-state index in [2.05, 4.69) is 5.32 Å². The van der Waals surface area contributed by atoms with E-state index in [1.54, 1.807) is 25.2 Å². The van der Waals surface area contributed by atoms with E-state index in [9.17, 15) is 4.79 Å². The first-order valence-electron chi connectivity index (χ1n) is 4.56. The van der Waals surface area contributed by atoms with E-state index in [0.29, 0.717) is 10.0 Å². The van der Waals surface area contributed by atoms with Crippen molar-refractivity contribution in [1.82, 2.24) is 5.32 Å². The summed E-state index contributed by atoms with van der Waals surface area (Å²) in [5.74, 6) is -0.0687. The number of carbonyl (C=O) groups is 1. The molecule has 0 heterocycles. The summed E-state index contributed by atoms with van der Waals surface area (Å²) in [6.45, 7) is 3.65. The van der Waals surface area contributed by atoms with Crippen LogP contribution in [0.25, 0.3) is 0 Å². The smallest absolute Gasteiger partial charge is 0.229 e. The summed E-state index contributed by atoms with van der Waals surface area (Å²) >= 11 is 11.8. The monoisotopic (exact) mass is 245 g/mol. The topological polar surface area (TPSA) is 29.1 Å². The molecule has 0 bridgehead atoms. The molecule has 0 unspecified atom stereocenters. The summed E-state index contributed by atoms with van der Waals surface area (Å²) in [5, 5.41) is 3.69. The molecule has 0 atom stereocenters. The molecule has 0 aliphatic carbocycles. The summed E-state index contributed by atoms with van der Waals surface area (Å²) in [4.78, 5) is 11.7. The van der Waals surface area contributed by atoms with Gasteiger partial charge in [-0.05, 0) is 37.6 Å². The molecule has 2 nitrogen and oxygen atoms in total. The number of rotatable bonds is 2. The summed E-state index contributed by atoms with van der Waals surface area (Å²) in [7, 11) is 1.61. The van der Waals surface area contributed by atoms with Gasteiger partial charge in [0.05, 0.1) is 5.41 Å². The lowest BCUT2D eigenvalue weighted by atomic mass is 9.84. The van der Waals surface area contributed by atoms with Gasteiger partial charge < -0.3 is 5.32 Å². The van der Waals surface area contributed by atoms with Crippen LogP contribution in [-0.4, -0.2) is 13.0 Å². The van der Waals surface area contributed by atoms with Gasteiger partial charge in [0, 0.05) is 17.1 Å². The number of carbonyl (C=O) groups excluding carboxylic acids is 1. The van der Waals surface area contributed by atoms with Crippen molar-refractivity contribution in [3.63, 3.8) is 0 Å². The zero-order valence-corrected chi connectivity index (χ0v) is 10.4. The standard InChI is InChI=1S/C11H13Cl2NO/c1-11(2,10(15)14-3)7-4-8(12)6-9(13)5-7/h4-6H,1-3H3,(H,14,15). The van der Waals surface area contributed by atoms with E-state index in [1.807, 2.05) is 13.8 Å². The van der Waals surface area contributed by atoms with Crippen molar-refractivity contribution in [1.29, 1.82) is 0 Å². The maximum Gasteiger partial charge on any atom is 0.229 e. The van der Waals surface area contributed by atoms with E-state index in [1.165, 1.54) is 0 Å². The highest BCUT2D eigenvalue weighted by atomic mass is 35.5. The first kappa shape index (κ1) is 12.3. The van der Waals surface area contributed by atoms with Crippen LogP contribution in [0.4, 0.5) is 0 Å². The summed E-state index contributed by atoms with van der Waals surface area (Å²) < 4.78 is 0. The van der Waals surface area contributed by atoms with E-state index < -0.39 is 5.41 Å². The van der Waals surface area contributed by atoms with Gasteiger partial charge in [0.2, 0.25) is 5.91 Å². The molecular formula is C11H13Cl2NO. The van der Waals surface area contributed by atoms with Crippen LogP contribution in [-0.2, 0) is 10.2 Å². The first-order chi connectivity index (χ1) is 6.87. The number of hydrogen-bond acceptors (Lipinski definition) is 1. The van der Waals surface area contributed by atoms with Crippen LogP contribution < -0.4 is 5.32 Å². The van der Waals surface area contributed by atoms with Gasteiger partial charge in [0.1, 0.15) is 0 Å². The fourth-order valence-electron chi connectivity index (χ4n) is 1.36. The van der Waals surface area contributed by atoms with E-state index in [4.69, 9.17) is 23.2 Å². The minimum atomic E-state index is -0.636. The normalized spacial score (nSPS) is 11.3. The third kappa shape index (κ3) is 2.64. The van der Waals surface area contributed by atoms with Crippen LogP contribution in [0, 0.1) is 0 Å². The molecule has 0 aliphatic rings. The Morgan fingerprint density at radius 3 is 2.07 bits per heavy atom. The Morgan fingerprint density at radius 1 is 1.20 bits per heavy atom. The minimum absolute atomic E-state index is 0.0687. The minimum Gasteiger partial charge on any atom is -0.358 e. The fraction of sp³-hybridized carbons (Fsp3) is 0.364. The molecule has 0 spiro atoms. The summed E-state index contributed by atoms with van der Waals surface area (Å²) in [6, 6.07) is 5.15. The number of halogens is 2. The maximum atomic E-state index is 11.7. The summed E-state index contributed by atoms with van der Waals surface area (Å²) in [6.07, 6.45) is 0. The van der Waals surface area contributed by atoms with Crippen LogP contribution in [0.15, 0.2) is 18.2 Å². The van der Waals surface area contributed by atoms with Crippen LogP contribution in [0.1, 0.15) is 19.4 Å². The number of benzene rings is 1. The zero-order chi connectivity index (χ0) is 11.6. The van der Waals surface area contributed by atoms with Crippen LogP contribution >= 0.6 is 23.2 Å². The van der Waals surface area contributed by atoms with Crippen molar-refractivity contribution >= 4 is 29.1 Å². The predicted octanol–water partition coefficient (Wildman–Crippen LogP) is 3.02. The SMILES string of the molecule is CNC(=O)C(C)(C)c1cc(Cl)cc(Cl)c1. The average molecular weight is 246 g/mol. The van der Waals surface area contributed by atoms with Gasteiger partial charge in [-0.2, -0.15) is 0 Å². The van der Waals surface area contributed by atoms with Crippen LogP contribution in [0.5, 0.6) is 0 Å². The quantitative estimate of drug-likeness (QED) is 0.853. The lowest BCUT2D eigenvalue weighted by Gasteiger charge is -2.23. The molecule has 82 valence electrons. The molecule has 4 heteroatoms. The van der Waals surface area contributed by atoms with Gasteiger partial charge >= 0.3 is 0 Å². The lowest BCUT2D eigenvalue weighted by molar-refractivity contribution is -0.125. The Morgan fingerprint density at radius 2 is 1.67 bits per heavy atom. The Labute approximate surface area is 99.6 Å². The largest absolute Gasteiger partial charge is 0.358 e. The Kier molecular flexibility index (Phi) is 3.63. The molecule has 0 radical (unpaired) electrons. The molecule has 0 aliphatic heterocycles. The first-order valence-corrected chi connectivity index (χ1v) is 5.32. The van der Waals surface area contributed by atoms with Gasteiger partial charge in [-0.25, -0.2) is 0 Å². The molecule has 0 aromatic heterocycles. The third-order valence-electron chi connectivity index (χ3n) is 2.38. The molecule has 1 amide bonds. The molecule has 1 aromatic rings. The lowest BCUT2D eigenvalue weighted by Crippen LogP contribution is -2.37. The molecule has 1 aromatic carbocycles. The van der Waals surface area contributed by atoms with Crippen LogP contribution in [0.3, 0.4) is 0 Å².